The molecule has 7 heteroatoms. The van der Waals surface area contributed by atoms with Gasteiger partial charge in [0.15, 0.2) is 0 Å². The lowest BCUT2D eigenvalue weighted by Gasteiger charge is -2.21. The fourth-order valence-electron chi connectivity index (χ4n) is 2.87. The zero-order chi connectivity index (χ0) is 21.0. The van der Waals surface area contributed by atoms with E-state index >= 15 is 0 Å². The van der Waals surface area contributed by atoms with Gasteiger partial charge in [0.25, 0.3) is 0 Å². The second kappa shape index (κ2) is 12.4. The molecule has 6 nitrogen and oxygen atoms in total. The maximum absolute atomic E-state index is 12.3. The van der Waals surface area contributed by atoms with Crippen LogP contribution in [0.1, 0.15) is 57.1 Å². The summed E-state index contributed by atoms with van der Waals surface area (Å²) in [4.78, 5) is 22.4. The van der Waals surface area contributed by atoms with Gasteiger partial charge in [0.2, 0.25) is 5.91 Å². The molecule has 0 bridgehead atoms. The highest BCUT2D eigenvalue weighted by molar-refractivity contribution is 7.47. The summed E-state index contributed by atoms with van der Waals surface area (Å²) in [5, 5.41) is 2.91. The zero-order valence-electron chi connectivity index (χ0n) is 16.8. The second-order valence-corrected chi connectivity index (χ2v) is 8.24. The molecule has 2 rings (SSSR count). The molecule has 0 saturated carbocycles. The van der Waals surface area contributed by atoms with E-state index in [1.165, 1.54) is 6.42 Å². The van der Waals surface area contributed by atoms with Crippen LogP contribution in [0.3, 0.4) is 0 Å². The van der Waals surface area contributed by atoms with Crippen LogP contribution < -0.4 is 9.84 Å². The van der Waals surface area contributed by atoms with Gasteiger partial charge in [-0.2, -0.15) is 0 Å². The maximum Gasteiger partial charge on any atom is 0.527 e. The molecule has 2 atom stereocenters. The van der Waals surface area contributed by atoms with Crippen molar-refractivity contribution in [3.8, 4) is 5.75 Å². The minimum atomic E-state index is -4.32. The summed E-state index contributed by atoms with van der Waals surface area (Å²) in [6.45, 7) is 1.98. The predicted octanol–water partition coefficient (Wildman–Crippen LogP) is 5.40. The molecule has 0 aliphatic carbocycles. The van der Waals surface area contributed by atoms with Crippen LogP contribution in [0.5, 0.6) is 5.75 Å². The van der Waals surface area contributed by atoms with Crippen molar-refractivity contribution in [2.75, 3.05) is 6.61 Å². The Hall–Kier alpha value is -2.14. The number of phosphoric ester groups is 1. The van der Waals surface area contributed by atoms with Crippen molar-refractivity contribution >= 4 is 13.7 Å². The van der Waals surface area contributed by atoms with Crippen LogP contribution in [0.15, 0.2) is 60.7 Å². The molecule has 2 unspecified atom stereocenters. The van der Waals surface area contributed by atoms with Gasteiger partial charge in [-0.15, -0.1) is 0 Å². The van der Waals surface area contributed by atoms with Gasteiger partial charge in [-0.1, -0.05) is 81.1 Å². The van der Waals surface area contributed by atoms with Gasteiger partial charge in [0.1, 0.15) is 5.75 Å². The van der Waals surface area contributed by atoms with Crippen LogP contribution in [0.25, 0.3) is 0 Å². The van der Waals surface area contributed by atoms with E-state index in [2.05, 4.69) is 12.2 Å². The van der Waals surface area contributed by atoms with Crippen LogP contribution in [0, 0.1) is 0 Å². The second-order valence-electron chi connectivity index (χ2n) is 6.86. The molecule has 2 aromatic carbocycles. The van der Waals surface area contributed by atoms with E-state index in [1.807, 2.05) is 30.3 Å². The molecule has 0 saturated heterocycles. The molecule has 2 N–H and O–H groups in total. The summed E-state index contributed by atoms with van der Waals surface area (Å²) in [6.07, 6.45) is 5.72. The first-order chi connectivity index (χ1) is 14.0. The normalized spacial score (nSPS) is 14.0. The monoisotopic (exact) mass is 419 g/mol. The number of para-hydroxylation sites is 1. The average Bonchev–Trinajstić information content (AvgIpc) is 2.72. The van der Waals surface area contributed by atoms with E-state index in [-0.39, 0.29) is 18.3 Å². The van der Waals surface area contributed by atoms with Crippen molar-refractivity contribution in [3.63, 3.8) is 0 Å². The highest BCUT2D eigenvalue weighted by Crippen LogP contribution is 2.44. The Balaban J connectivity index is 1.92. The first-order valence-electron chi connectivity index (χ1n) is 10.1. The number of nitrogens with one attached hydrogen (secondary N) is 1. The third-order valence-electron chi connectivity index (χ3n) is 4.41. The molecule has 0 aliphatic rings. The topological polar surface area (TPSA) is 84.9 Å². The standard InChI is InChI=1S/C22H30NO5P/c1-2-3-4-5-12-17-22(24)23-21(19-13-8-6-9-14-19)18-27-29(25,26)28-20-15-10-7-11-16-20/h6-11,13-16,21H,2-5,12,17-18H2,1H3,(H,23,24)(H,25,26). The minimum Gasteiger partial charge on any atom is -0.404 e. The van der Waals surface area contributed by atoms with Crippen molar-refractivity contribution in [1.29, 1.82) is 0 Å². The highest BCUT2D eigenvalue weighted by Gasteiger charge is 2.26. The molecule has 0 radical (unpaired) electrons. The van der Waals surface area contributed by atoms with E-state index in [4.69, 9.17) is 9.05 Å². The molecule has 158 valence electrons. The summed E-state index contributed by atoms with van der Waals surface area (Å²) >= 11 is 0. The Morgan fingerprint density at radius 3 is 2.28 bits per heavy atom. The number of benzene rings is 2. The van der Waals surface area contributed by atoms with E-state index in [0.717, 1.165) is 31.2 Å². The Kier molecular flexibility index (Phi) is 9.92. The number of amides is 1. The largest absolute Gasteiger partial charge is 0.527 e. The molecule has 1 amide bonds. The summed E-state index contributed by atoms with van der Waals surface area (Å²) in [5.41, 5.74) is 0.798. The highest BCUT2D eigenvalue weighted by atomic mass is 31.2. The summed E-state index contributed by atoms with van der Waals surface area (Å²) in [5.74, 6) is 0.140. The van der Waals surface area contributed by atoms with Gasteiger partial charge in [0, 0.05) is 6.42 Å². The van der Waals surface area contributed by atoms with Crippen molar-refractivity contribution in [2.24, 2.45) is 0 Å². The van der Waals surface area contributed by atoms with Gasteiger partial charge in [-0.05, 0) is 24.1 Å². The van der Waals surface area contributed by atoms with Gasteiger partial charge < -0.3 is 9.84 Å². The Morgan fingerprint density at radius 2 is 1.62 bits per heavy atom. The Labute approximate surface area is 172 Å². The Bertz CT molecular complexity index is 769. The number of unbranched alkanes of at least 4 members (excludes halogenated alkanes) is 4. The number of rotatable bonds is 13. The number of hydrogen-bond acceptors (Lipinski definition) is 4. The van der Waals surface area contributed by atoms with Gasteiger partial charge in [0.05, 0.1) is 12.6 Å². The molecule has 0 aliphatic heterocycles. The molecule has 29 heavy (non-hydrogen) atoms. The molecule has 0 fully saturated rings. The summed E-state index contributed by atoms with van der Waals surface area (Å²) < 4.78 is 22.5. The quantitative estimate of drug-likeness (QED) is 0.335. The lowest BCUT2D eigenvalue weighted by Crippen LogP contribution is -2.31. The summed E-state index contributed by atoms with van der Waals surface area (Å²) in [7, 11) is -4.32. The third-order valence-corrected chi connectivity index (χ3v) is 5.33. The SMILES string of the molecule is CCCCCCCC(=O)NC(COP(=O)(O)Oc1ccccc1)c1ccccc1. The van der Waals surface area contributed by atoms with Crippen molar-refractivity contribution < 1.29 is 23.3 Å². The molecule has 0 aromatic heterocycles. The van der Waals surface area contributed by atoms with Crippen LogP contribution in [0.4, 0.5) is 0 Å². The fourth-order valence-corrected chi connectivity index (χ4v) is 3.65. The minimum absolute atomic E-state index is 0.101. The summed E-state index contributed by atoms with van der Waals surface area (Å²) in [6, 6.07) is 17.0. The average molecular weight is 419 g/mol. The molecule has 2 aromatic rings. The first kappa shape index (κ1) is 23.1. The van der Waals surface area contributed by atoms with E-state index in [0.29, 0.717) is 6.42 Å². The van der Waals surface area contributed by atoms with Gasteiger partial charge in [-0.25, -0.2) is 4.57 Å². The number of hydrogen-bond donors (Lipinski definition) is 2. The fraction of sp³-hybridized carbons (Fsp3) is 0.409. The van der Waals surface area contributed by atoms with E-state index in [9.17, 15) is 14.3 Å². The first-order valence-corrected chi connectivity index (χ1v) is 11.6. The predicted molar refractivity (Wildman–Crippen MR) is 114 cm³/mol. The number of carbonyl (C=O) groups is 1. The molecule has 0 heterocycles. The van der Waals surface area contributed by atoms with E-state index in [1.54, 1.807) is 30.3 Å². The van der Waals surface area contributed by atoms with Gasteiger partial charge >= 0.3 is 7.82 Å². The molecule has 0 spiro atoms. The van der Waals surface area contributed by atoms with Crippen LogP contribution in [-0.4, -0.2) is 17.4 Å². The van der Waals surface area contributed by atoms with Crippen LogP contribution in [-0.2, 0) is 13.9 Å². The van der Waals surface area contributed by atoms with Gasteiger partial charge in [-0.3, -0.25) is 14.2 Å². The molecular formula is C22H30NO5P. The van der Waals surface area contributed by atoms with Crippen molar-refractivity contribution in [3.05, 3.63) is 66.2 Å². The zero-order valence-corrected chi connectivity index (χ0v) is 17.7. The van der Waals surface area contributed by atoms with Crippen LogP contribution in [0.2, 0.25) is 0 Å². The number of phosphoric acid groups is 1. The van der Waals surface area contributed by atoms with Crippen molar-refractivity contribution in [2.45, 2.75) is 51.5 Å². The maximum atomic E-state index is 12.3. The Morgan fingerprint density at radius 1 is 1.00 bits per heavy atom. The van der Waals surface area contributed by atoms with Crippen LogP contribution >= 0.6 is 7.82 Å². The third kappa shape index (κ3) is 9.27. The van der Waals surface area contributed by atoms with E-state index < -0.39 is 13.9 Å². The number of carbonyl (C=O) groups excluding carboxylic acids is 1. The molecular weight excluding hydrogens is 389 g/mol. The lowest BCUT2D eigenvalue weighted by molar-refractivity contribution is -0.122. The smallest absolute Gasteiger partial charge is 0.404 e. The lowest BCUT2D eigenvalue weighted by atomic mass is 10.1. The van der Waals surface area contributed by atoms with Crippen molar-refractivity contribution in [1.82, 2.24) is 5.32 Å².